The summed E-state index contributed by atoms with van der Waals surface area (Å²) in [7, 11) is 0. The van der Waals surface area contributed by atoms with Gasteiger partial charge < -0.3 is 15.2 Å². The molecule has 6 heteroatoms. The number of nitrogens with one attached hydrogen (secondary N) is 2. The molecule has 1 unspecified atom stereocenters. The third-order valence-corrected chi connectivity index (χ3v) is 3.46. The fourth-order valence-electron chi connectivity index (χ4n) is 2.48. The topological polar surface area (TPSA) is 71.8 Å². The van der Waals surface area contributed by atoms with Crippen molar-refractivity contribution in [3.63, 3.8) is 0 Å². The number of amides is 1. The normalized spacial score (nSPS) is 23.5. The zero-order chi connectivity index (χ0) is 11.7. The molecular weight excluding hydrogens is 218 g/mol. The molecule has 3 heterocycles. The molecule has 2 aliphatic heterocycles. The van der Waals surface area contributed by atoms with Gasteiger partial charge in [0.15, 0.2) is 0 Å². The van der Waals surface area contributed by atoms with Crippen LogP contribution in [0.2, 0.25) is 0 Å². The second-order valence-electron chi connectivity index (χ2n) is 4.73. The first-order valence-electron chi connectivity index (χ1n) is 6.24. The fourth-order valence-corrected chi connectivity index (χ4v) is 2.48. The zero-order valence-electron chi connectivity index (χ0n) is 9.78. The average Bonchev–Trinajstić information content (AvgIpc) is 2.93. The molecule has 17 heavy (non-hydrogen) atoms. The lowest BCUT2D eigenvalue weighted by Gasteiger charge is -2.16. The molecule has 1 fully saturated rings. The van der Waals surface area contributed by atoms with Crippen LogP contribution in [0.1, 0.15) is 30.9 Å². The van der Waals surface area contributed by atoms with Crippen LogP contribution in [0, 0.1) is 0 Å². The van der Waals surface area contributed by atoms with Gasteiger partial charge in [0.2, 0.25) is 5.91 Å². The van der Waals surface area contributed by atoms with E-state index in [1.54, 1.807) is 0 Å². The molecule has 0 bridgehead atoms. The van der Waals surface area contributed by atoms with E-state index in [2.05, 4.69) is 25.4 Å². The lowest BCUT2D eigenvalue weighted by Crippen LogP contribution is -2.31. The van der Waals surface area contributed by atoms with E-state index in [1.165, 1.54) is 12.8 Å². The lowest BCUT2D eigenvalue weighted by atomic mass is 10.1. The van der Waals surface area contributed by atoms with Crippen molar-refractivity contribution >= 4 is 5.91 Å². The molecule has 0 aliphatic carbocycles. The van der Waals surface area contributed by atoms with Gasteiger partial charge in [-0.1, -0.05) is 0 Å². The molecule has 6 nitrogen and oxygen atoms in total. The summed E-state index contributed by atoms with van der Waals surface area (Å²) in [5.74, 6) is 2.23. The first-order valence-corrected chi connectivity index (χ1v) is 6.24. The molecule has 1 aromatic heterocycles. The first kappa shape index (κ1) is 10.7. The third kappa shape index (κ3) is 2.17. The van der Waals surface area contributed by atoms with Gasteiger partial charge in [-0.05, 0) is 12.8 Å². The van der Waals surface area contributed by atoms with E-state index < -0.39 is 0 Å². The second-order valence-corrected chi connectivity index (χ2v) is 4.73. The number of aryl methyl sites for hydroxylation is 1. The van der Waals surface area contributed by atoms with Gasteiger partial charge in [0.25, 0.3) is 0 Å². The van der Waals surface area contributed by atoms with Crippen molar-refractivity contribution in [1.82, 2.24) is 25.4 Å². The molecule has 1 saturated heterocycles. The molecule has 1 atom stereocenters. The van der Waals surface area contributed by atoms with Crippen LogP contribution in [0.3, 0.4) is 0 Å². The van der Waals surface area contributed by atoms with E-state index in [4.69, 9.17) is 0 Å². The Labute approximate surface area is 99.8 Å². The molecule has 2 aliphatic rings. The molecule has 1 aromatic rings. The number of carbonyl (C=O) groups is 1. The average molecular weight is 235 g/mol. The number of rotatable bonds is 3. The minimum absolute atomic E-state index is 0.130. The van der Waals surface area contributed by atoms with Gasteiger partial charge in [-0.3, -0.25) is 4.79 Å². The maximum Gasteiger partial charge on any atom is 0.221 e. The Bertz CT molecular complexity index is 427. The molecule has 0 aromatic carbocycles. The Kier molecular flexibility index (Phi) is 2.80. The summed E-state index contributed by atoms with van der Waals surface area (Å²) < 4.78 is 2.21. The van der Waals surface area contributed by atoms with Crippen molar-refractivity contribution in [3.8, 4) is 0 Å². The Morgan fingerprint density at radius 3 is 3.18 bits per heavy atom. The number of hydrogen-bond acceptors (Lipinski definition) is 4. The fraction of sp³-hybridized carbons (Fsp3) is 0.727. The molecule has 0 saturated carbocycles. The summed E-state index contributed by atoms with van der Waals surface area (Å²) in [6.07, 6.45) is 4.03. The quantitative estimate of drug-likeness (QED) is 0.747. The van der Waals surface area contributed by atoms with Gasteiger partial charge in [0, 0.05) is 32.0 Å². The summed E-state index contributed by atoms with van der Waals surface area (Å²) in [6, 6.07) is 0.235. The van der Waals surface area contributed by atoms with Crippen LogP contribution < -0.4 is 10.6 Å². The molecule has 3 rings (SSSR count). The highest BCUT2D eigenvalue weighted by Gasteiger charge is 2.22. The van der Waals surface area contributed by atoms with Crippen LogP contribution in [-0.4, -0.2) is 33.3 Å². The lowest BCUT2D eigenvalue weighted by molar-refractivity contribution is -0.119. The maximum atomic E-state index is 11.1. The van der Waals surface area contributed by atoms with E-state index in [1.807, 2.05) is 0 Å². The Morgan fingerprint density at radius 1 is 1.41 bits per heavy atom. The Morgan fingerprint density at radius 2 is 2.35 bits per heavy atom. The van der Waals surface area contributed by atoms with E-state index in [0.717, 1.165) is 31.2 Å². The van der Waals surface area contributed by atoms with Gasteiger partial charge in [-0.15, -0.1) is 10.2 Å². The van der Waals surface area contributed by atoms with Gasteiger partial charge in [-0.2, -0.15) is 0 Å². The summed E-state index contributed by atoms with van der Waals surface area (Å²) >= 11 is 0. The maximum absolute atomic E-state index is 11.1. The van der Waals surface area contributed by atoms with Crippen LogP contribution in [0.15, 0.2) is 0 Å². The van der Waals surface area contributed by atoms with Gasteiger partial charge >= 0.3 is 0 Å². The molecule has 2 N–H and O–H groups in total. The van der Waals surface area contributed by atoms with Crippen LogP contribution in [-0.2, 0) is 24.3 Å². The minimum atomic E-state index is 0.130. The van der Waals surface area contributed by atoms with Crippen molar-refractivity contribution in [2.24, 2.45) is 0 Å². The Balaban J connectivity index is 1.61. The first-order chi connectivity index (χ1) is 8.33. The monoisotopic (exact) mass is 235 g/mol. The SMILES string of the molecule is O=C1CC(NCc2nnc3n2CCCC3)CN1. The summed E-state index contributed by atoms with van der Waals surface area (Å²) in [6.45, 7) is 2.45. The van der Waals surface area contributed by atoms with Gasteiger partial charge in [0.1, 0.15) is 11.6 Å². The van der Waals surface area contributed by atoms with E-state index in [9.17, 15) is 4.79 Å². The van der Waals surface area contributed by atoms with E-state index in [0.29, 0.717) is 13.0 Å². The number of carbonyl (C=O) groups excluding carboxylic acids is 1. The molecule has 92 valence electrons. The summed E-state index contributed by atoms with van der Waals surface area (Å²) in [4.78, 5) is 11.1. The van der Waals surface area contributed by atoms with Crippen LogP contribution in [0.5, 0.6) is 0 Å². The highest BCUT2D eigenvalue weighted by atomic mass is 16.1. The van der Waals surface area contributed by atoms with Crippen LogP contribution >= 0.6 is 0 Å². The molecule has 1 amide bonds. The predicted octanol–water partition coefficient (Wildman–Crippen LogP) is -0.408. The van der Waals surface area contributed by atoms with E-state index >= 15 is 0 Å². The van der Waals surface area contributed by atoms with Crippen molar-refractivity contribution in [3.05, 3.63) is 11.6 Å². The third-order valence-electron chi connectivity index (χ3n) is 3.46. The minimum Gasteiger partial charge on any atom is -0.354 e. The van der Waals surface area contributed by atoms with Gasteiger partial charge in [-0.25, -0.2) is 0 Å². The van der Waals surface area contributed by atoms with Gasteiger partial charge in [0.05, 0.1) is 6.54 Å². The largest absolute Gasteiger partial charge is 0.354 e. The molecule has 0 spiro atoms. The molecule has 0 radical (unpaired) electrons. The number of aromatic nitrogens is 3. The number of nitrogens with zero attached hydrogens (tertiary/aromatic N) is 3. The van der Waals surface area contributed by atoms with Crippen molar-refractivity contribution < 1.29 is 4.79 Å². The summed E-state index contributed by atoms with van der Waals surface area (Å²) in [5.41, 5.74) is 0. The van der Waals surface area contributed by atoms with E-state index in [-0.39, 0.29) is 11.9 Å². The predicted molar refractivity (Wildman–Crippen MR) is 61.2 cm³/mol. The number of fused-ring (bicyclic) bond motifs is 1. The number of hydrogen-bond donors (Lipinski definition) is 2. The molecular formula is C11H17N5O. The highest BCUT2D eigenvalue weighted by Crippen LogP contribution is 2.14. The zero-order valence-corrected chi connectivity index (χ0v) is 9.78. The van der Waals surface area contributed by atoms with Crippen molar-refractivity contribution in [2.45, 2.75) is 44.8 Å². The van der Waals surface area contributed by atoms with Crippen LogP contribution in [0.4, 0.5) is 0 Å². The Hall–Kier alpha value is -1.43. The highest BCUT2D eigenvalue weighted by molar-refractivity contribution is 5.78. The summed E-state index contributed by atoms with van der Waals surface area (Å²) in [5, 5.41) is 14.6. The second kappa shape index (κ2) is 4.44. The van der Waals surface area contributed by atoms with Crippen LogP contribution in [0.25, 0.3) is 0 Å². The van der Waals surface area contributed by atoms with Crippen molar-refractivity contribution in [2.75, 3.05) is 6.54 Å². The standard InChI is InChI=1S/C11H17N5O/c17-11-5-8(6-13-11)12-7-10-15-14-9-3-1-2-4-16(9)10/h8,12H,1-7H2,(H,13,17). The van der Waals surface area contributed by atoms with Crippen molar-refractivity contribution in [1.29, 1.82) is 0 Å². The smallest absolute Gasteiger partial charge is 0.221 e.